The Hall–Kier alpha value is -1.04. The molecule has 0 saturated carbocycles. The number of thiocarbonyl (C=S) groups is 1. The molecule has 0 unspecified atom stereocenters. The van der Waals surface area contributed by atoms with Crippen molar-refractivity contribution in [2.75, 3.05) is 38.6 Å². The molecule has 3 N–H and O–H groups in total. The summed E-state index contributed by atoms with van der Waals surface area (Å²) in [5, 5.41) is 7.61. The molecule has 2 rings (SSSR count). The summed E-state index contributed by atoms with van der Waals surface area (Å²) in [4.78, 5) is 1.67. The summed E-state index contributed by atoms with van der Waals surface area (Å²) in [6.45, 7) is 6.89. The SMILES string of the molecule is COc1ccc(NC(=S)NCC[NH+]2CCC(C)CC2)cc1Cl. The number of piperidine rings is 1. The number of hydrogen-bond acceptors (Lipinski definition) is 2. The number of anilines is 1. The highest BCUT2D eigenvalue weighted by molar-refractivity contribution is 7.80. The number of rotatable bonds is 5. The molecule has 6 heteroatoms. The first-order valence-electron chi connectivity index (χ1n) is 7.80. The Labute approximate surface area is 143 Å². The summed E-state index contributed by atoms with van der Waals surface area (Å²) in [6, 6.07) is 5.54. The van der Waals surface area contributed by atoms with Gasteiger partial charge in [0.25, 0.3) is 0 Å². The fourth-order valence-corrected chi connectivity index (χ4v) is 3.17. The molecular weight excluding hydrogens is 318 g/mol. The second kappa shape index (κ2) is 8.56. The number of methoxy groups -OCH3 is 1. The van der Waals surface area contributed by atoms with Gasteiger partial charge in [0.15, 0.2) is 5.11 Å². The van der Waals surface area contributed by atoms with Crippen LogP contribution in [0.25, 0.3) is 0 Å². The number of hydrogen-bond donors (Lipinski definition) is 3. The van der Waals surface area contributed by atoms with Crippen LogP contribution in [0, 0.1) is 5.92 Å². The third-order valence-electron chi connectivity index (χ3n) is 4.16. The van der Waals surface area contributed by atoms with Gasteiger partial charge in [0.05, 0.1) is 38.3 Å². The number of quaternary nitrogens is 1. The molecule has 0 bridgehead atoms. The fourth-order valence-electron chi connectivity index (χ4n) is 2.69. The molecule has 22 heavy (non-hydrogen) atoms. The first kappa shape index (κ1) is 17.3. The van der Waals surface area contributed by atoms with Crippen molar-refractivity contribution >= 4 is 34.6 Å². The number of halogens is 1. The summed E-state index contributed by atoms with van der Waals surface area (Å²) in [5.74, 6) is 1.55. The largest absolute Gasteiger partial charge is 0.495 e. The van der Waals surface area contributed by atoms with E-state index in [0.29, 0.717) is 15.9 Å². The lowest BCUT2D eigenvalue weighted by atomic mass is 9.99. The summed E-state index contributed by atoms with van der Waals surface area (Å²) in [7, 11) is 1.60. The van der Waals surface area contributed by atoms with Crippen LogP contribution in [0.5, 0.6) is 5.75 Å². The second-order valence-electron chi connectivity index (χ2n) is 5.91. The van der Waals surface area contributed by atoms with Gasteiger partial charge < -0.3 is 20.3 Å². The van der Waals surface area contributed by atoms with E-state index in [2.05, 4.69) is 17.6 Å². The number of ether oxygens (including phenoxy) is 1. The standard InChI is InChI=1S/C16H24ClN3OS/c1-12-5-8-20(9-6-12)10-7-18-16(22)19-13-3-4-15(21-2)14(17)11-13/h3-4,11-12H,5-10H2,1-2H3,(H2,18,19,22)/p+1. The van der Waals surface area contributed by atoms with E-state index in [0.717, 1.165) is 24.7 Å². The maximum atomic E-state index is 6.10. The van der Waals surface area contributed by atoms with Gasteiger partial charge >= 0.3 is 0 Å². The van der Waals surface area contributed by atoms with Crippen LogP contribution < -0.4 is 20.3 Å². The quantitative estimate of drug-likeness (QED) is 0.715. The minimum atomic E-state index is 0.571. The van der Waals surface area contributed by atoms with E-state index in [4.69, 9.17) is 28.6 Å². The Morgan fingerprint density at radius 1 is 1.41 bits per heavy atom. The summed E-state index contributed by atoms with van der Waals surface area (Å²) >= 11 is 11.4. The Kier molecular flexibility index (Phi) is 6.73. The van der Waals surface area contributed by atoms with Gasteiger partial charge in [-0.05, 0) is 49.2 Å². The van der Waals surface area contributed by atoms with Gasteiger partial charge in [-0.1, -0.05) is 18.5 Å². The van der Waals surface area contributed by atoms with Crippen LogP contribution in [0.4, 0.5) is 5.69 Å². The molecule has 0 aromatic heterocycles. The summed E-state index contributed by atoms with van der Waals surface area (Å²) < 4.78 is 5.13. The van der Waals surface area contributed by atoms with Gasteiger partial charge in [0.1, 0.15) is 5.75 Å². The molecule has 0 amide bonds. The molecule has 1 saturated heterocycles. The van der Waals surface area contributed by atoms with Crippen LogP contribution in [-0.4, -0.2) is 38.4 Å². The molecule has 1 aromatic carbocycles. The Morgan fingerprint density at radius 2 is 2.14 bits per heavy atom. The van der Waals surface area contributed by atoms with Crippen LogP contribution in [0.15, 0.2) is 18.2 Å². The third-order valence-corrected chi connectivity index (χ3v) is 4.70. The average molecular weight is 343 g/mol. The lowest BCUT2D eigenvalue weighted by Crippen LogP contribution is -3.13. The van der Waals surface area contributed by atoms with Crippen molar-refractivity contribution in [3.63, 3.8) is 0 Å². The molecule has 4 nitrogen and oxygen atoms in total. The van der Waals surface area contributed by atoms with Crippen LogP contribution in [-0.2, 0) is 0 Å². The molecule has 1 fully saturated rings. The van der Waals surface area contributed by atoms with Gasteiger partial charge in [-0.15, -0.1) is 0 Å². The number of benzene rings is 1. The predicted molar refractivity (Wildman–Crippen MR) is 96.2 cm³/mol. The normalized spacial score (nSPS) is 21.2. The molecule has 0 spiro atoms. The first-order chi connectivity index (χ1) is 10.6. The molecule has 1 aliphatic rings. The lowest BCUT2D eigenvalue weighted by Gasteiger charge is -2.27. The summed E-state index contributed by atoms with van der Waals surface area (Å²) in [5.41, 5.74) is 0.863. The number of nitrogens with one attached hydrogen (secondary N) is 3. The maximum Gasteiger partial charge on any atom is 0.170 e. The lowest BCUT2D eigenvalue weighted by molar-refractivity contribution is -0.904. The van der Waals surface area contributed by atoms with E-state index < -0.39 is 0 Å². The van der Waals surface area contributed by atoms with Crippen molar-refractivity contribution in [3.05, 3.63) is 23.2 Å². The monoisotopic (exact) mass is 342 g/mol. The zero-order valence-corrected chi connectivity index (χ0v) is 14.8. The van der Waals surface area contributed by atoms with Gasteiger partial charge in [-0.2, -0.15) is 0 Å². The average Bonchev–Trinajstić information content (AvgIpc) is 2.49. The minimum Gasteiger partial charge on any atom is -0.495 e. The molecule has 1 aliphatic heterocycles. The topological polar surface area (TPSA) is 37.7 Å². The Bertz CT molecular complexity index is 504. The zero-order chi connectivity index (χ0) is 15.9. The highest BCUT2D eigenvalue weighted by atomic mass is 35.5. The van der Waals surface area contributed by atoms with Gasteiger partial charge in [-0.3, -0.25) is 0 Å². The van der Waals surface area contributed by atoms with E-state index in [1.807, 2.05) is 18.2 Å². The molecule has 0 atom stereocenters. The molecule has 122 valence electrons. The highest BCUT2D eigenvalue weighted by Gasteiger charge is 2.18. The van der Waals surface area contributed by atoms with Crippen LogP contribution in [0.2, 0.25) is 5.02 Å². The summed E-state index contributed by atoms with van der Waals surface area (Å²) in [6.07, 6.45) is 2.67. The van der Waals surface area contributed by atoms with Crippen LogP contribution >= 0.6 is 23.8 Å². The number of likely N-dealkylation sites (tertiary alicyclic amines) is 1. The fraction of sp³-hybridized carbons (Fsp3) is 0.562. The van der Waals surface area contributed by atoms with Crippen LogP contribution in [0.1, 0.15) is 19.8 Å². The van der Waals surface area contributed by atoms with Crippen molar-refractivity contribution < 1.29 is 9.64 Å². The van der Waals surface area contributed by atoms with Crippen molar-refractivity contribution in [2.45, 2.75) is 19.8 Å². The minimum absolute atomic E-state index is 0.571. The van der Waals surface area contributed by atoms with E-state index >= 15 is 0 Å². The van der Waals surface area contributed by atoms with E-state index in [9.17, 15) is 0 Å². The molecule has 0 aliphatic carbocycles. The second-order valence-corrected chi connectivity index (χ2v) is 6.73. The third kappa shape index (κ3) is 5.30. The smallest absolute Gasteiger partial charge is 0.170 e. The Morgan fingerprint density at radius 3 is 2.77 bits per heavy atom. The van der Waals surface area contributed by atoms with Gasteiger partial charge in [-0.25, -0.2) is 0 Å². The maximum absolute atomic E-state index is 6.10. The van der Waals surface area contributed by atoms with Crippen molar-refractivity contribution in [3.8, 4) is 5.75 Å². The molecule has 1 aromatic rings. The van der Waals surface area contributed by atoms with Gasteiger partial charge in [0, 0.05) is 5.69 Å². The van der Waals surface area contributed by atoms with E-state index in [1.165, 1.54) is 25.9 Å². The van der Waals surface area contributed by atoms with E-state index in [-0.39, 0.29) is 0 Å². The predicted octanol–water partition coefficient (Wildman–Crippen LogP) is 1.95. The highest BCUT2D eigenvalue weighted by Crippen LogP contribution is 2.27. The molecule has 1 heterocycles. The van der Waals surface area contributed by atoms with Crippen molar-refractivity contribution in [1.82, 2.24) is 5.32 Å². The Balaban J connectivity index is 1.70. The zero-order valence-electron chi connectivity index (χ0n) is 13.2. The van der Waals surface area contributed by atoms with E-state index in [1.54, 1.807) is 12.0 Å². The molecule has 0 radical (unpaired) electrons. The van der Waals surface area contributed by atoms with Crippen molar-refractivity contribution in [2.24, 2.45) is 5.92 Å². The van der Waals surface area contributed by atoms with Crippen molar-refractivity contribution in [1.29, 1.82) is 0 Å². The first-order valence-corrected chi connectivity index (χ1v) is 8.59. The van der Waals surface area contributed by atoms with Crippen LogP contribution in [0.3, 0.4) is 0 Å². The molecular formula is C16H25ClN3OS+. The van der Waals surface area contributed by atoms with Gasteiger partial charge in [0.2, 0.25) is 0 Å².